The molecule has 3 aliphatic heterocycles. The first kappa shape index (κ1) is 47.4. The van der Waals surface area contributed by atoms with Crippen LogP contribution in [-0.2, 0) is 45.7 Å². The fourth-order valence-electron chi connectivity index (χ4n) is 10.0. The van der Waals surface area contributed by atoms with Gasteiger partial charge < -0.3 is 28.6 Å². The van der Waals surface area contributed by atoms with Gasteiger partial charge in [0, 0.05) is 91.5 Å². The summed E-state index contributed by atoms with van der Waals surface area (Å²) in [5.74, 6) is -0.523. The van der Waals surface area contributed by atoms with Crippen molar-refractivity contribution in [3.63, 3.8) is 0 Å². The van der Waals surface area contributed by atoms with Crippen molar-refractivity contribution < 1.29 is 38.2 Å². The van der Waals surface area contributed by atoms with Crippen LogP contribution in [0.15, 0.2) is 72.8 Å². The third-order valence-corrected chi connectivity index (χ3v) is 13.8. The van der Waals surface area contributed by atoms with E-state index in [1.807, 2.05) is 82.7 Å². The molecule has 0 radical (unpaired) electrons. The van der Waals surface area contributed by atoms with Gasteiger partial charge in [0.2, 0.25) is 11.8 Å². The van der Waals surface area contributed by atoms with Crippen LogP contribution < -0.4 is 14.8 Å². The highest BCUT2D eigenvalue weighted by molar-refractivity contribution is 6.35. The molecule has 2 saturated heterocycles. The number of carbonyl (C=O) groups excluding carboxylic acids is 5. The van der Waals surface area contributed by atoms with Crippen molar-refractivity contribution >= 4 is 62.9 Å². The first-order valence-electron chi connectivity index (χ1n) is 23.7. The first-order valence-corrected chi connectivity index (χ1v) is 24.0. The summed E-state index contributed by atoms with van der Waals surface area (Å²) in [4.78, 5) is 71.5. The number of aryl methyl sites for hydroxylation is 3. The molecular weight excluding hydrogens is 898 g/mol. The highest BCUT2D eigenvalue weighted by atomic mass is 35.5. The summed E-state index contributed by atoms with van der Waals surface area (Å²) in [6, 6.07) is 22.5. The highest BCUT2D eigenvalue weighted by Gasteiger charge is 2.40. The van der Waals surface area contributed by atoms with Crippen molar-refractivity contribution in [2.75, 3.05) is 45.9 Å². The van der Waals surface area contributed by atoms with Crippen LogP contribution in [0.4, 0.5) is 0 Å². The van der Waals surface area contributed by atoms with Crippen LogP contribution in [-0.4, -0.2) is 116 Å². The van der Waals surface area contributed by atoms with E-state index in [-0.39, 0.29) is 43.7 Å². The molecule has 0 spiro atoms. The molecule has 3 aliphatic rings. The predicted molar refractivity (Wildman–Crippen MR) is 263 cm³/mol. The SMILES string of the molecule is Cc1nn(C)c(C)c1-c1c(Cl)ccc2c(CCCOc3cccc4ccccc34)c(C(=O)OC(C)(C)C)n(CCN3CCN(C(=O)COc4cccc5c4CN(C4CCC(=O)NC4=O)C5=O)CC3)c12. The van der Waals surface area contributed by atoms with Gasteiger partial charge in [-0.1, -0.05) is 60.1 Å². The Morgan fingerprint density at radius 3 is 2.33 bits per heavy atom. The van der Waals surface area contributed by atoms with Gasteiger partial charge in [-0.05, 0) is 89.1 Å². The lowest BCUT2D eigenvalue weighted by molar-refractivity contribution is -0.137. The van der Waals surface area contributed by atoms with E-state index in [0.29, 0.717) is 86.3 Å². The lowest BCUT2D eigenvalue weighted by Gasteiger charge is -2.35. The molecule has 1 N–H and O–H groups in total. The summed E-state index contributed by atoms with van der Waals surface area (Å²) in [5, 5.41) is 10.7. The molecular formula is C53H58ClN7O8. The Labute approximate surface area is 406 Å². The molecule has 0 saturated carbocycles. The summed E-state index contributed by atoms with van der Waals surface area (Å²) in [5.41, 5.74) is 5.96. The first-order chi connectivity index (χ1) is 33.1. The molecule has 6 aromatic rings. The third kappa shape index (κ3) is 9.54. The Bertz CT molecular complexity index is 3010. The number of halogens is 1. The van der Waals surface area contributed by atoms with Gasteiger partial charge in [0.1, 0.15) is 28.8 Å². The topological polar surface area (TPSA) is 158 Å². The molecule has 69 heavy (non-hydrogen) atoms. The molecule has 360 valence electrons. The smallest absolute Gasteiger partial charge is 0.355 e. The summed E-state index contributed by atoms with van der Waals surface area (Å²) in [7, 11) is 1.91. The molecule has 9 rings (SSSR count). The largest absolute Gasteiger partial charge is 0.493 e. The van der Waals surface area contributed by atoms with Gasteiger partial charge in [-0.25, -0.2) is 4.79 Å². The number of nitrogens with zero attached hydrogens (tertiary/aromatic N) is 6. The van der Waals surface area contributed by atoms with Crippen LogP contribution >= 0.6 is 11.6 Å². The van der Waals surface area contributed by atoms with Crippen molar-refractivity contribution in [1.29, 1.82) is 0 Å². The standard InChI is InChI=1S/C53H58ClN7O8/c1-32-46(33(2)57(6)56-32)47-40(54)20-19-37-36(16-11-29-67-42-17-9-13-34-12-7-8-14-35(34)42)49(52(66)69-53(3,4)5)60(48(37)47)28-25-58-23-26-59(27-24-58)45(63)31-68-43-18-10-15-38-39(43)30-61(51(38)65)41-21-22-44(62)55-50(41)64/h7-10,12-15,17-20,41H,11,16,21-31H2,1-6H3,(H,55,62,64). The number of benzene rings is 4. The number of piperidine rings is 1. The van der Waals surface area contributed by atoms with Gasteiger partial charge in [0.05, 0.1) is 29.4 Å². The van der Waals surface area contributed by atoms with Gasteiger partial charge in [-0.2, -0.15) is 5.10 Å². The molecule has 0 aliphatic carbocycles. The van der Waals surface area contributed by atoms with Gasteiger partial charge in [-0.15, -0.1) is 0 Å². The molecule has 2 aromatic heterocycles. The maximum Gasteiger partial charge on any atom is 0.355 e. The molecule has 16 heteroatoms. The average Bonchev–Trinajstić information content (AvgIpc) is 3.92. The number of imide groups is 1. The van der Waals surface area contributed by atoms with E-state index in [2.05, 4.69) is 33.0 Å². The zero-order valence-electron chi connectivity index (χ0n) is 40.0. The highest BCUT2D eigenvalue weighted by Crippen LogP contribution is 2.43. The number of nitrogens with one attached hydrogen (secondary N) is 1. The lowest BCUT2D eigenvalue weighted by Crippen LogP contribution is -2.52. The predicted octanol–water partition coefficient (Wildman–Crippen LogP) is 7.42. The second-order valence-corrected chi connectivity index (χ2v) is 19.5. The molecule has 0 bridgehead atoms. The van der Waals surface area contributed by atoms with Crippen molar-refractivity contribution in [2.24, 2.45) is 7.05 Å². The van der Waals surface area contributed by atoms with E-state index in [1.165, 1.54) is 4.90 Å². The summed E-state index contributed by atoms with van der Waals surface area (Å²) in [6.07, 6.45) is 1.58. The number of carbonyl (C=O) groups is 5. The van der Waals surface area contributed by atoms with E-state index in [9.17, 15) is 24.0 Å². The van der Waals surface area contributed by atoms with Crippen LogP contribution in [0.3, 0.4) is 0 Å². The molecule has 1 atom stereocenters. The van der Waals surface area contributed by atoms with Crippen LogP contribution in [0.25, 0.3) is 32.8 Å². The average molecular weight is 957 g/mol. The number of esters is 1. The Hall–Kier alpha value is -6.71. The minimum atomic E-state index is -0.759. The molecule has 1 unspecified atom stereocenters. The van der Waals surface area contributed by atoms with Gasteiger partial charge in [-0.3, -0.25) is 34.1 Å². The second-order valence-electron chi connectivity index (χ2n) is 19.1. The van der Waals surface area contributed by atoms with Crippen molar-refractivity contribution in [3.05, 3.63) is 112 Å². The number of aromatic nitrogens is 3. The molecule has 2 fully saturated rings. The van der Waals surface area contributed by atoms with E-state index < -0.39 is 23.5 Å². The minimum absolute atomic E-state index is 0.146. The molecule has 15 nitrogen and oxygen atoms in total. The normalized spacial score (nSPS) is 16.6. The monoisotopic (exact) mass is 955 g/mol. The number of hydrogen-bond acceptors (Lipinski definition) is 10. The van der Waals surface area contributed by atoms with Crippen LogP contribution in [0.1, 0.15) is 83.4 Å². The molecule has 4 aromatic carbocycles. The Balaban J connectivity index is 0.934. The number of hydrogen-bond donors (Lipinski definition) is 1. The third-order valence-electron chi connectivity index (χ3n) is 13.5. The maximum atomic E-state index is 14.6. The number of fused-ring (bicyclic) bond motifs is 3. The fourth-order valence-corrected chi connectivity index (χ4v) is 10.3. The zero-order chi connectivity index (χ0) is 48.7. The van der Waals surface area contributed by atoms with Crippen LogP contribution in [0.5, 0.6) is 11.5 Å². The molecule has 5 heterocycles. The summed E-state index contributed by atoms with van der Waals surface area (Å²) >= 11 is 7.21. The minimum Gasteiger partial charge on any atom is -0.493 e. The summed E-state index contributed by atoms with van der Waals surface area (Å²) < 4.78 is 22.6. The maximum absolute atomic E-state index is 14.6. The quantitative estimate of drug-likeness (QED) is 0.0663. The number of amides is 4. The fraction of sp³-hybridized carbons (Fsp3) is 0.396. The number of rotatable bonds is 14. The van der Waals surface area contributed by atoms with Gasteiger partial charge >= 0.3 is 5.97 Å². The van der Waals surface area contributed by atoms with Crippen molar-refractivity contribution in [2.45, 2.75) is 85.0 Å². The number of ether oxygens (including phenoxy) is 3. The Kier molecular flexibility index (Phi) is 13.3. The van der Waals surface area contributed by atoms with Crippen molar-refractivity contribution in [3.8, 4) is 22.6 Å². The number of piperazine rings is 1. The van der Waals surface area contributed by atoms with E-state index in [1.54, 1.807) is 23.1 Å². The van der Waals surface area contributed by atoms with E-state index in [0.717, 1.165) is 55.5 Å². The van der Waals surface area contributed by atoms with E-state index in [4.69, 9.17) is 30.9 Å². The summed E-state index contributed by atoms with van der Waals surface area (Å²) in [6.45, 7) is 13.1. The molecule has 4 amide bonds. The van der Waals surface area contributed by atoms with Crippen molar-refractivity contribution in [1.82, 2.24) is 34.4 Å². The van der Waals surface area contributed by atoms with Crippen LogP contribution in [0, 0.1) is 13.8 Å². The Morgan fingerprint density at radius 2 is 1.59 bits per heavy atom. The Morgan fingerprint density at radius 1 is 0.855 bits per heavy atom. The van der Waals surface area contributed by atoms with Gasteiger partial charge in [0.15, 0.2) is 6.61 Å². The van der Waals surface area contributed by atoms with E-state index >= 15 is 0 Å². The second kappa shape index (κ2) is 19.4. The zero-order valence-corrected chi connectivity index (χ0v) is 40.8. The van der Waals surface area contributed by atoms with Gasteiger partial charge in [0.25, 0.3) is 11.8 Å². The van der Waals surface area contributed by atoms with Crippen LogP contribution in [0.2, 0.25) is 5.02 Å². The lowest BCUT2D eigenvalue weighted by atomic mass is 9.98.